The fraction of sp³-hybridized carbons (Fsp3) is 0.200. The number of aromatic nitrogens is 1. The Morgan fingerprint density at radius 2 is 1.89 bits per heavy atom. The predicted octanol–water partition coefficient (Wildman–Crippen LogP) is 2.87. The molecule has 4 nitrogen and oxygen atoms in total. The summed E-state index contributed by atoms with van der Waals surface area (Å²) < 4.78 is 10.9. The second-order valence-corrected chi connectivity index (χ2v) is 4.07. The number of nitrogens with zero attached hydrogens (tertiary/aromatic N) is 1. The van der Waals surface area contributed by atoms with Gasteiger partial charge in [-0.1, -0.05) is 0 Å². The third kappa shape index (κ3) is 3.31. The fourth-order valence-electron chi connectivity index (χ4n) is 1.65. The van der Waals surface area contributed by atoms with Gasteiger partial charge in [0.2, 0.25) is 0 Å². The normalized spacial score (nSPS) is 10.0. The first kappa shape index (κ1) is 13.1. The average molecular weight is 257 g/mol. The monoisotopic (exact) mass is 257 g/mol. The van der Waals surface area contributed by atoms with Crippen LogP contribution in [0.2, 0.25) is 0 Å². The summed E-state index contributed by atoms with van der Waals surface area (Å²) in [5, 5.41) is 0. The van der Waals surface area contributed by atoms with Gasteiger partial charge in [-0.2, -0.15) is 0 Å². The molecule has 0 aliphatic carbocycles. The zero-order valence-corrected chi connectivity index (χ0v) is 10.9. The van der Waals surface area contributed by atoms with E-state index in [0.717, 1.165) is 5.56 Å². The molecule has 19 heavy (non-hydrogen) atoms. The molecule has 2 aromatic rings. The molecule has 0 aliphatic rings. The maximum atomic E-state index is 11.4. The third-order valence-electron chi connectivity index (χ3n) is 2.71. The molecule has 0 amide bonds. The van der Waals surface area contributed by atoms with Crippen LogP contribution >= 0.6 is 0 Å². The summed E-state index contributed by atoms with van der Waals surface area (Å²) >= 11 is 0. The molecule has 0 radical (unpaired) electrons. The Balaban J connectivity index is 2.18. The Bertz CT molecular complexity index is 567. The van der Waals surface area contributed by atoms with Crippen molar-refractivity contribution in [3.05, 3.63) is 53.9 Å². The minimum Gasteiger partial charge on any atom is -0.493 e. The molecule has 0 saturated heterocycles. The highest BCUT2D eigenvalue weighted by molar-refractivity contribution is 5.94. The van der Waals surface area contributed by atoms with E-state index in [0.29, 0.717) is 23.7 Å². The molecule has 0 spiro atoms. The molecule has 0 fully saturated rings. The van der Waals surface area contributed by atoms with E-state index in [9.17, 15) is 4.79 Å². The molecule has 4 heteroatoms. The van der Waals surface area contributed by atoms with Crippen molar-refractivity contribution < 1.29 is 14.3 Å². The molecule has 0 atom stereocenters. The highest BCUT2D eigenvalue weighted by atomic mass is 16.5. The van der Waals surface area contributed by atoms with Crippen LogP contribution in [0.4, 0.5) is 0 Å². The van der Waals surface area contributed by atoms with Crippen LogP contribution < -0.4 is 9.47 Å². The Morgan fingerprint density at radius 1 is 1.16 bits per heavy atom. The fourth-order valence-corrected chi connectivity index (χ4v) is 1.65. The number of hydrogen-bond acceptors (Lipinski definition) is 4. The average Bonchev–Trinajstić information content (AvgIpc) is 2.45. The zero-order chi connectivity index (χ0) is 13.7. The number of benzene rings is 1. The number of ether oxygens (including phenoxy) is 2. The molecule has 0 saturated carbocycles. The standard InChI is InChI=1S/C15H15NO3/c1-11(17)13-3-4-14(18-2)15(9-13)19-10-12-5-7-16-8-6-12/h3-9H,10H2,1-2H3. The van der Waals surface area contributed by atoms with Gasteiger partial charge in [-0.05, 0) is 42.8 Å². The predicted molar refractivity (Wildman–Crippen MR) is 71.6 cm³/mol. The molecule has 1 heterocycles. The Hall–Kier alpha value is -2.36. The van der Waals surface area contributed by atoms with Crippen molar-refractivity contribution in [2.75, 3.05) is 7.11 Å². The second-order valence-electron chi connectivity index (χ2n) is 4.07. The lowest BCUT2D eigenvalue weighted by Crippen LogP contribution is -2.00. The number of ketones is 1. The van der Waals surface area contributed by atoms with Crippen LogP contribution in [0.25, 0.3) is 0 Å². The van der Waals surface area contributed by atoms with E-state index < -0.39 is 0 Å². The first-order chi connectivity index (χ1) is 9.20. The smallest absolute Gasteiger partial charge is 0.162 e. The summed E-state index contributed by atoms with van der Waals surface area (Å²) in [7, 11) is 1.57. The van der Waals surface area contributed by atoms with E-state index in [1.807, 2.05) is 12.1 Å². The SMILES string of the molecule is COc1ccc(C(C)=O)cc1OCc1ccncc1. The quantitative estimate of drug-likeness (QED) is 0.773. The van der Waals surface area contributed by atoms with E-state index in [1.54, 1.807) is 37.7 Å². The Labute approximate surface area is 112 Å². The molecule has 0 N–H and O–H groups in total. The first-order valence-corrected chi connectivity index (χ1v) is 5.91. The number of rotatable bonds is 5. The van der Waals surface area contributed by atoms with Gasteiger partial charge in [0.05, 0.1) is 7.11 Å². The van der Waals surface area contributed by atoms with Crippen LogP contribution in [0.5, 0.6) is 11.5 Å². The second kappa shape index (κ2) is 6.00. The van der Waals surface area contributed by atoms with Crippen LogP contribution in [0, 0.1) is 0 Å². The van der Waals surface area contributed by atoms with Crippen LogP contribution in [0.15, 0.2) is 42.7 Å². The highest BCUT2D eigenvalue weighted by Crippen LogP contribution is 2.28. The first-order valence-electron chi connectivity index (χ1n) is 5.91. The van der Waals surface area contributed by atoms with E-state index in [1.165, 1.54) is 6.92 Å². The lowest BCUT2D eigenvalue weighted by Gasteiger charge is -2.11. The summed E-state index contributed by atoms with van der Waals surface area (Å²) in [6.45, 7) is 1.93. The molecule has 2 rings (SSSR count). The van der Waals surface area contributed by atoms with Gasteiger partial charge in [0.15, 0.2) is 17.3 Å². The molecule has 1 aromatic heterocycles. The van der Waals surface area contributed by atoms with Crippen molar-refractivity contribution in [3.63, 3.8) is 0 Å². The van der Waals surface area contributed by atoms with Crippen molar-refractivity contribution in [2.45, 2.75) is 13.5 Å². The van der Waals surface area contributed by atoms with Gasteiger partial charge in [0.25, 0.3) is 0 Å². The number of carbonyl (C=O) groups excluding carboxylic acids is 1. The maximum Gasteiger partial charge on any atom is 0.162 e. The molecule has 1 aromatic carbocycles. The number of methoxy groups -OCH3 is 1. The minimum atomic E-state index is -0.00332. The van der Waals surface area contributed by atoms with E-state index in [2.05, 4.69) is 4.98 Å². The summed E-state index contributed by atoms with van der Waals surface area (Å²) in [5.74, 6) is 1.17. The Kier molecular flexibility index (Phi) is 4.13. The van der Waals surface area contributed by atoms with Gasteiger partial charge in [-0.15, -0.1) is 0 Å². The van der Waals surface area contributed by atoms with Crippen LogP contribution in [0.1, 0.15) is 22.8 Å². The number of pyridine rings is 1. The lowest BCUT2D eigenvalue weighted by atomic mass is 10.1. The maximum absolute atomic E-state index is 11.4. The molecule has 98 valence electrons. The van der Waals surface area contributed by atoms with Crippen molar-refractivity contribution in [1.82, 2.24) is 4.98 Å². The third-order valence-corrected chi connectivity index (χ3v) is 2.71. The number of hydrogen-bond donors (Lipinski definition) is 0. The largest absolute Gasteiger partial charge is 0.493 e. The van der Waals surface area contributed by atoms with E-state index in [-0.39, 0.29) is 5.78 Å². The van der Waals surface area contributed by atoms with Gasteiger partial charge in [-0.3, -0.25) is 9.78 Å². The van der Waals surface area contributed by atoms with Crippen molar-refractivity contribution in [2.24, 2.45) is 0 Å². The molecule has 0 unspecified atom stereocenters. The topological polar surface area (TPSA) is 48.4 Å². The van der Waals surface area contributed by atoms with Crippen molar-refractivity contribution in [1.29, 1.82) is 0 Å². The zero-order valence-electron chi connectivity index (χ0n) is 10.9. The minimum absolute atomic E-state index is 0.00332. The lowest BCUT2D eigenvalue weighted by molar-refractivity contribution is 0.101. The molecular formula is C15H15NO3. The van der Waals surface area contributed by atoms with Gasteiger partial charge in [0, 0.05) is 18.0 Å². The summed E-state index contributed by atoms with van der Waals surface area (Å²) in [6, 6.07) is 8.91. The summed E-state index contributed by atoms with van der Waals surface area (Å²) in [4.78, 5) is 15.3. The van der Waals surface area contributed by atoms with Crippen LogP contribution in [-0.4, -0.2) is 17.9 Å². The molecule has 0 bridgehead atoms. The summed E-state index contributed by atoms with van der Waals surface area (Å²) in [5.41, 5.74) is 1.61. The van der Waals surface area contributed by atoms with Crippen LogP contribution in [0.3, 0.4) is 0 Å². The molecule has 0 aliphatic heterocycles. The number of Topliss-reactive ketones (excluding diaryl/α,β-unsaturated/α-hetero) is 1. The van der Waals surface area contributed by atoms with Crippen LogP contribution in [-0.2, 0) is 6.61 Å². The van der Waals surface area contributed by atoms with E-state index in [4.69, 9.17) is 9.47 Å². The van der Waals surface area contributed by atoms with Gasteiger partial charge < -0.3 is 9.47 Å². The Morgan fingerprint density at radius 3 is 2.53 bits per heavy atom. The number of carbonyl (C=O) groups is 1. The van der Waals surface area contributed by atoms with Crippen molar-refractivity contribution >= 4 is 5.78 Å². The van der Waals surface area contributed by atoms with Crippen molar-refractivity contribution in [3.8, 4) is 11.5 Å². The van der Waals surface area contributed by atoms with E-state index >= 15 is 0 Å². The van der Waals surface area contributed by atoms with Gasteiger partial charge in [0.1, 0.15) is 6.61 Å². The highest BCUT2D eigenvalue weighted by Gasteiger charge is 2.08. The van der Waals surface area contributed by atoms with Gasteiger partial charge in [-0.25, -0.2) is 0 Å². The summed E-state index contributed by atoms with van der Waals surface area (Å²) in [6.07, 6.45) is 3.42. The molecular weight excluding hydrogens is 242 g/mol. The van der Waals surface area contributed by atoms with Gasteiger partial charge >= 0.3 is 0 Å².